The summed E-state index contributed by atoms with van der Waals surface area (Å²) in [6, 6.07) is 7.53. The summed E-state index contributed by atoms with van der Waals surface area (Å²) >= 11 is 0. The maximum atomic E-state index is 12.7. The van der Waals surface area contributed by atoms with Crippen LogP contribution in [0.25, 0.3) is 0 Å². The lowest BCUT2D eigenvalue weighted by molar-refractivity contribution is -0.140. The Morgan fingerprint density at radius 1 is 1.00 bits per heavy atom. The third-order valence-corrected chi connectivity index (χ3v) is 3.99. The molecule has 0 aliphatic rings. The van der Waals surface area contributed by atoms with Gasteiger partial charge in [0, 0.05) is 12.3 Å². The molecule has 0 aromatic heterocycles. The van der Waals surface area contributed by atoms with Crippen molar-refractivity contribution in [3.05, 3.63) is 24.3 Å². The average Bonchev–Trinajstić information content (AvgIpc) is 2.60. The van der Waals surface area contributed by atoms with Gasteiger partial charge in [-0.05, 0) is 50.5 Å². The Labute approximate surface area is 146 Å². The van der Waals surface area contributed by atoms with Gasteiger partial charge in [0.25, 0.3) is 5.91 Å². The van der Waals surface area contributed by atoms with Crippen LogP contribution >= 0.6 is 0 Å². The lowest BCUT2D eigenvalue weighted by atomic mass is 9.97. The van der Waals surface area contributed by atoms with Gasteiger partial charge in [-0.25, -0.2) is 0 Å². The van der Waals surface area contributed by atoms with Gasteiger partial charge in [-0.2, -0.15) is 0 Å². The summed E-state index contributed by atoms with van der Waals surface area (Å²) in [5.41, 5.74) is -0.00635. The van der Waals surface area contributed by atoms with E-state index in [9.17, 15) is 4.79 Å². The van der Waals surface area contributed by atoms with Crippen molar-refractivity contribution in [1.29, 1.82) is 0 Å². The zero-order valence-electron chi connectivity index (χ0n) is 15.7. The minimum atomic E-state index is -0.775. The van der Waals surface area contributed by atoms with Crippen LogP contribution in [0.1, 0.15) is 66.2 Å². The molecule has 136 valence electrons. The van der Waals surface area contributed by atoms with Gasteiger partial charge < -0.3 is 14.8 Å². The Balaban J connectivity index is 2.65. The first-order chi connectivity index (χ1) is 11.6. The lowest BCUT2D eigenvalue weighted by Gasteiger charge is -2.28. The summed E-state index contributed by atoms with van der Waals surface area (Å²) in [6.45, 7) is 9.51. The van der Waals surface area contributed by atoms with E-state index >= 15 is 0 Å². The van der Waals surface area contributed by atoms with Gasteiger partial charge in [-0.1, -0.05) is 40.0 Å². The molecule has 1 amide bonds. The fourth-order valence-corrected chi connectivity index (χ4v) is 2.32. The number of unbranched alkanes of at least 4 members (excludes halogenated alkanes) is 2. The summed E-state index contributed by atoms with van der Waals surface area (Å²) in [5, 5.41) is 2.98. The first-order valence-electron chi connectivity index (χ1n) is 9.24. The minimum Gasteiger partial charge on any atom is -0.494 e. The fourth-order valence-electron chi connectivity index (χ4n) is 2.32. The zero-order chi connectivity index (χ0) is 17.8. The van der Waals surface area contributed by atoms with Crippen molar-refractivity contribution in [2.24, 2.45) is 0 Å². The molecule has 0 bridgehead atoms. The molecule has 0 heterocycles. The highest BCUT2D eigenvalue weighted by atomic mass is 16.5. The Hall–Kier alpha value is -1.55. The SMILES string of the molecule is CCCCOc1ccc(NC(=O)C(C)(CCCC)OCCC)cc1. The number of nitrogens with one attached hydrogen (secondary N) is 1. The van der Waals surface area contributed by atoms with Crippen LogP contribution in [-0.4, -0.2) is 24.7 Å². The standard InChI is InChI=1S/C20H33NO3/c1-5-8-14-20(4,24-15-7-3)19(22)21-17-10-12-18(13-11-17)23-16-9-6-2/h10-13H,5-9,14-16H2,1-4H3,(H,21,22). The van der Waals surface area contributed by atoms with Gasteiger partial charge >= 0.3 is 0 Å². The molecule has 1 unspecified atom stereocenters. The van der Waals surface area contributed by atoms with Gasteiger partial charge in [-0.15, -0.1) is 0 Å². The van der Waals surface area contributed by atoms with E-state index < -0.39 is 5.60 Å². The second kappa shape index (κ2) is 11.1. The number of anilines is 1. The highest BCUT2D eigenvalue weighted by Gasteiger charge is 2.33. The number of ether oxygens (including phenoxy) is 2. The first kappa shape index (κ1) is 20.5. The Kier molecular flexibility index (Phi) is 9.46. The number of carbonyl (C=O) groups excluding carboxylic acids is 1. The number of carbonyl (C=O) groups is 1. The lowest BCUT2D eigenvalue weighted by Crippen LogP contribution is -2.43. The van der Waals surface area contributed by atoms with Crippen molar-refractivity contribution in [3.63, 3.8) is 0 Å². The molecular formula is C20H33NO3. The molecule has 1 atom stereocenters. The molecule has 1 aromatic rings. The molecule has 0 saturated carbocycles. The number of rotatable bonds is 12. The van der Waals surface area contributed by atoms with Crippen LogP contribution in [-0.2, 0) is 9.53 Å². The van der Waals surface area contributed by atoms with E-state index in [4.69, 9.17) is 9.47 Å². The summed E-state index contributed by atoms with van der Waals surface area (Å²) in [6.07, 6.45) is 5.80. The van der Waals surface area contributed by atoms with Crippen LogP contribution in [0, 0.1) is 0 Å². The van der Waals surface area contributed by atoms with Crippen LogP contribution in [0.15, 0.2) is 24.3 Å². The number of benzene rings is 1. The van der Waals surface area contributed by atoms with Crippen molar-refractivity contribution >= 4 is 11.6 Å². The largest absolute Gasteiger partial charge is 0.494 e. The Morgan fingerprint density at radius 2 is 1.67 bits per heavy atom. The van der Waals surface area contributed by atoms with E-state index in [0.29, 0.717) is 6.61 Å². The predicted molar refractivity (Wildman–Crippen MR) is 99.6 cm³/mol. The molecule has 0 saturated heterocycles. The summed E-state index contributed by atoms with van der Waals surface area (Å²) < 4.78 is 11.5. The number of amides is 1. The minimum absolute atomic E-state index is 0.0796. The van der Waals surface area contributed by atoms with E-state index in [1.54, 1.807) is 0 Å². The van der Waals surface area contributed by atoms with E-state index in [0.717, 1.165) is 56.6 Å². The van der Waals surface area contributed by atoms with Crippen LogP contribution < -0.4 is 10.1 Å². The Morgan fingerprint density at radius 3 is 2.25 bits per heavy atom. The van der Waals surface area contributed by atoms with E-state index in [2.05, 4.69) is 26.1 Å². The molecule has 0 aliphatic heterocycles. The van der Waals surface area contributed by atoms with Gasteiger partial charge in [-0.3, -0.25) is 4.79 Å². The van der Waals surface area contributed by atoms with E-state index in [-0.39, 0.29) is 5.91 Å². The van der Waals surface area contributed by atoms with Crippen molar-refractivity contribution in [3.8, 4) is 5.75 Å². The molecule has 24 heavy (non-hydrogen) atoms. The highest BCUT2D eigenvalue weighted by molar-refractivity contribution is 5.97. The fraction of sp³-hybridized carbons (Fsp3) is 0.650. The van der Waals surface area contributed by atoms with Gasteiger partial charge in [0.2, 0.25) is 0 Å². The van der Waals surface area contributed by atoms with Crippen molar-refractivity contribution in [2.45, 2.75) is 71.8 Å². The average molecular weight is 335 g/mol. The topological polar surface area (TPSA) is 47.6 Å². The van der Waals surface area contributed by atoms with Gasteiger partial charge in [0.1, 0.15) is 11.4 Å². The molecule has 0 spiro atoms. The molecule has 1 rings (SSSR count). The molecule has 4 heteroatoms. The molecule has 0 aliphatic carbocycles. The summed E-state index contributed by atoms with van der Waals surface area (Å²) in [7, 11) is 0. The quantitative estimate of drug-likeness (QED) is 0.535. The molecule has 0 fully saturated rings. The summed E-state index contributed by atoms with van der Waals surface area (Å²) in [5.74, 6) is 0.751. The molecule has 1 aromatic carbocycles. The van der Waals surface area contributed by atoms with Gasteiger partial charge in [0.15, 0.2) is 0 Å². The van der Waals surface area contributed by atoms with Crippen molar-refractivity contribution in [1.82, 2.24) is 0 Å². The molecule has 4 nitrogen and oxygen atoms in total. The van der Waals surface area contributed by atoms with E-state index in [1.165, 1.54) is 0 Å². The van der Waals surface area contributed by atoms with Crippen LogP contribution in [0.2, 0.25) is 0 Å². The molecule has 0 radical (unpaired) electrons. The third kappa shape index (κ3) is 6.91. The van der Waals surface area contributed by atoms with Crippen molar-refractivity contribution in [2.75, 3.05) is 18.5 Å². The van der Waals surface area contributed by atoms with Crippen molar-refractivity contribution < 1.29 is 14.3 Å². The second-order valence-electron chi connectivity index (χ2n) is 6.36. The Bertz CT molecular complexity index is 462. The van der Waals surface area contributed by atoms with Crippen LogP contribution in [0.5, 0.6) is 5.75 Å². The smallest absolute Gasteiger partial charge is 0.256 e. The van der Waals surface area contributed by atoms with E-state index in [1.807, 2.05) is 31.2 Å². The second-order valence-corrected chi connectivity index (χ2v) is 6.36. The number of hydrogen-bond acceptors (Lipinski definition) is 3. The van der Waals surface area contributed by atoms with Crippen LogP contribution in [0.4, 0.5) is 5.69 Å². The third-order valence-electron chi connectivity index (χ3n) is 3.99. The zero-order valence-corrected chi connectivity index (χ0v) is 15.7. The monoisotopic (exact) mass is 335 g/mol. The number of hydrogen-bond donors (Lipinski definition) is 1. The first-order valence-corrected chi connectivity index (χ1v) is 9.24. The summed E-state index contributed by atoms with van der Waals surface area (Å²) in [4.78, 5) is 12.7. The maximum Gasteiger partial charge on any atom is 0.256 e. The van der Waals surface area contributed by atoms with Crippen LogP contribution in [0.3, 0.4) is 0 Å². The molecule has 1 N–H and O–H groups in total. The highest BCUT2D eigenvalue weighted by Crippen LogP contribution is 2.23. The predicted octanol–water partition coefficient (Wildman–Crippen LogP) is 5.18. The normalized spacial score (nSPS) is 13.3. The molecular weight excluding hydrogens is 302 g/mol. The maximum absolute atomic E-state index is 12.7. The van der Waals surface area contributed by atoms with Gasteiger partial charge in [0.05, 0.1) is 6.61 Å².